The second-order valence-corrected chi connectivity index (χ2v) is 10.0. The van der Waals surface area contributed by atoms with Crippen LogP contribution in [0.4, 0.5) is 0 Å². The van der Waals surface area contributed by atoms with Gasteiger partial charge in [-0.1, -0.05) is 54.6 Å². The summed E-state index contributed by atoms with van der Waals surface area (Å²) in [5, 5.41) is 7.77. The van der Waals surface area contributed by atoms with E-state index in [0.717, 1.165) is 0 Å². The van der Waals surface area contributed by atoms with E-state index in [0.29, 0.717) is 11.1 Å². The molecule has 0 spiro atoms. The average molecular weight is 595 g/mol. The first kappa shape index (κ1) is 28.6. The van der Waals surface area contributed by atoms with Gasteiger partial charge >= 0.3 is 17.9 Å². The van der Waals surface area contributed by atoms with Gasteiger partial charge in [0.15, 0.2) is 24.1 Å². The zero-order chi connectivity index (χ0) is 30.7. The van der Waals surface area contributed by atoms with E-state index in [1.165, 1.54) is 6.20 Å². The molecule has 0 bridgehead atoms. The zero-order valence-electron chi connectivity index (χ0n) is 23.1. The number of rotatable bonds is 8. The largest absolute Gasteiger partial charge is 0.459 e. The van der Waals surface area contributed by atoms with Crippen molar-refractivity contribution in [3.05, 3.63) is 119 Å². The summed E-state index contributed by atoms with van der Waals surface area (Å²) >= 11 is 0. The normalized spacial score (nSPS) is 25.2. The van der Waals surface area contributed by atoms with Crippen molar-refractivity contribution in [3.8, 4) is 0 Å². The highest BCUT2D eigenvalue weighted by Crippen LogP contribution is 2.37. The van der Waals surface area contributed by atoms with E-state index in [2.05, 4.69) is 20.2 Å². The van der Waals surface area contributed by atoms with Gasteiger partial charge in [0.2, 0.25) is 5.79 Å². The van der Waals surface area contributed by atoms with E-state index in [4.69, 9.17) is 30.4 Å². The number of nitrogens with two attached hydrogens (primary N) is 2. The summed E-state index contributed by atoms with van der Waals surface area (Å²) in [7, 11) is 0. The fourth-order valence-electron chi connectivity index (χ4n) is 4.91. The van der Waals surface area contributed by atoms with Crippen LogP contribution in [0.2, 0.25) is 0 Å². The molecule has 0 saturated carbocycles. The number of azo groups is 1. The Morgan fingerprint density at radius 1 is 0.750 bits per heavy atom. The molecule has 1 saturated heterocycles. The van der Waals surface area contributed by atoms with Gasteiger partial charge < -0.3 is 24.7 Å². The fraction of sp³-hybridized carbons (Fsp3) is 0.194. The minimum absolute atomic E-state index is 0.0176. The van der Waals surface area contributed by atoms with E-state index < -0.39 is 54.7 Å². The van der Waals surface area contributed by atoms with Gasteiger partial charge in [0.25, 0.3) is 0 Å². The van der Waals surface area contributed by atoms with Crippen molar-refractivity contribution in [1.29, 1.82) is 0 Å². The third-order valence-electron chi connectivity index (χ3n) is 7.06. The second kappa shape index (κ2) is 12.0. The Morgan fingerprint density at radius 3 is 1.84 bits per heavy atom. The van der Waals surface area contributed by atoms with E-state index in [-0.39, 0.29) is 22.8 Å². The Bertz CT molecular complexity index is 1690. The Balaban J connectivity index is 1.37. The molecule has 13 nitrogen and oxygen atoms in total. The molecule has 3 aliphatic rings. The Labute approximate surface area is 250 Å². The first-order chi connectivity index (χ1) is 21.3. The first-order valence-corrected chi connectivity index (χ1v) is 13.6. The third kappa shape index (κ3) is 5.73. The zero-order valence-corrected chi connectivity index (χ0v) is 23.1. The molecule has 3 aliphatic heterocycles. The molecule has 44 heavy (non-hydrogen) atoms. The lowest BCUT2D eigenvalue weighted by Crippen LogP contribution is -2.57. The van der Waals surface area contributed by atoms with Crippen LogP contribution in [0, 0.1) is 0 Å². The maximum absolute atomic E-state index is 13.4. The van der Waals surface area contributed by atoms with Gasteiger partial charge in [-0.2, -0.15) is 5.11 Å². The standard InChI is InChI=1S/C31H26N6O7/c32-26-21-16-34-37-27(21)36-31(33,35-26)25-24(44-30(40)20-14-8-3-9-15-20)23(43-29(39)19-12-6-2-7-13-19)22(42-25)17-41-28(38)18-10-4-1-5-11-18/h1-16,22-25H,17,33H2,(H2,32,35)/t22-,23-,24-,25-,31?/m1/s1. The number of benzene rings is 3. The van der Waals surface area contributed by atoms with Crippen LogP contribution in [-0.4, -0.2) is 66.4 Å². The molecule has 13 heteroatoms. The molecule has 3 aromatic rings. The Kier molecular flexibility index (Phi) is 7.79. The summed E-state index contributed by atoms with van der Waals surface area (Å²) in [4.78, 5) is 48.3. The topological polar surface area (TPSA) is 190 Å². The van der Waals surface area contributed by atoms with Gasteiger partial charge in [0.1, 0.15) is 18.5 Å². The number of aliphatic imine (C=N–C) groups is 2. The lowest BCUT2D eigenvalue weighted by Gasteiger charge is -2.33. The van der Waals surface area contributed by atoms with Crippen molar-refractivity contribution >= 4 is 29.6 Å². The maximum Gasteiger partial charge on any atom is 0.338 e. The van der Waals surface area contributed by atoms with Crippen molar-refractivity contribution in [3.63, 3.8) is 0 Å². The number of hydrogen-bond acceptors (Lipinski definition) is 13. The monoisotopic (exact) mass is 594 g/mol. The lowest BCUT2D eigenvalue weighted by molar-refractivity contribution is -0.0577. The van der Waals surface area contributed by atoms with E-state index in [9.17, 15) is 14.4 Å². The molecule has 5 atom stereocenters. The summed E-state index contributed by atoms with van der Waals surface area (Å²) in [6.07, 6.45) is -3.84. The molecule has 4 N–H and O–H groups in total. The highest BCUT2D eigenvalue weighted by molar-refractivity contribution is 6.24. The number of nitrogens with zero attached hydrogens (tertiary/aromatic N) is 4. The van der Waals surface area contributed by atoms with Crippen LogP contribution < -0.4 is 11.5 Å². The smallest absolute Gasteiger partial charge is 0.338 e. The number of fused-ring (bicyclic) bond motifs is 1. The molecule has 0 amide bonds. The summed E-state index contributed by atoms with van der Waals surface area (Å²) in [6.45, 7) is -0.396. The lowest BCUT2D eigenvalue weighted by atomic mass is 10.0. The van der Waals surface area contributed by atoms with Crippen LogP contribution in [0.1, 0.15) is 31.1 Å². The molecule has 1 unspecified atom stereocenters. The van der Waals surface area contributed by atoms with Gasteiger partial charge in [-0.3, -0.25) is 5.73 Å². The molecule has 1 fully saturated rings. The summed E-state index contributed by atoms with van der Waals surface area (Å²) < 4.78 is 23.7. The summed E-state index contributed by atoms with van der Waals surface area (Å²) in [5.41, 5.74) is 14.0. The minimum atomic E-state index is -1.99. The van der Waals surface area contributed by atoms with Crippen LogP contribution in [0.15, 0.2) is 123 Å². The number of hydrogen-bond donors (Lipinski definition) is 2. The molecular weight excluding hydrogens is 568 g/mol. The third-order valence-corrected chi connectivity index (χ3v) is 7.06. The van der Waals surface area contributed by atoms with Crippen molar-refractivity contribution in [1.82, 2.24) is 0 Å². The number of ether oxygens (including phenoxy) is 4. The predicted octanol–water partition coefficient (Wildman–Crippen LogP) is 2.79. The molecule has 0 radical (unpaired) electrons. The Morgan fingerprint density at radius 2 is 1.27 bits per heavy atom. The molecule has 3 aromatic carbocycles. The molecule has 0 aromatic heterocycles. The van der Waals surface area contributed by atoms with Gasteiger partial charge in [0, 0.05) is 0 Å². The molecule has 3 heterocycles. The van der Waals surface area contributed by atoms with E-state index in [1.54, 1.807) is 91.0 Å². The SMILES string of the molecule is NC1=NC(N)([C@@H]2O[C@H](COC(=O)c3ccccc3)[C@@H](OC(=O)c3ccccc3)[C@H]2OC(=O)c2ccccc2)N=C2N=NC=C12. The number of carbonyl (C=O) groups is 3. The number of esters is 3. The number of carbonyl (C=O) groups excluding carboxylic acids is 3. The fourth-order valence-corrected chi connectivity index (χ4v) is 4.91. The summed E-state index contributed by atoms with van der Waals surface area (Å²) in [6, 6.07) is 24.7. The van der Waals surface area contributed by atoms with Gasteiger partial charge in [-0.25, -0.2) is 24.4 Å². The molecule has 0 aliphatic carbocycles. The quantitative estimate of drug-likeness (QED) is 0.292. The predicted molar refractivity (Wildman–Crippen MR) is 156 cm³/mol. The van der Waals surface area contributed by atoms with Crippen LogP contribution in [-0.2, 0) is 18.9 Å². The number of amidine groups is 2. The first-order valence-electron chi connectivity index (χ1n) is 13.6. The van der Waals surface area contributed by atoms with Crippen molar-refractivity contribution in [2.45, 2.75) is 30.2 Å². The van der Waals surface area contributed by atoms with Crippen molar-refractivity contribution in [2.24, 2.45) is 31.7 Å². The van der Waals surface area contributed by atoms with Crippen molar-refractivity contribution < 1.29 is 33.3 Å². The van der Waals surface area contributed by atoms with Crippen LogP contribution in [0.25, 0.3) is 0 Å². The highest BCUT2D eigenvalue weighted by Gasteiger charge is 2.59. The van der Waals surface area contributed by atoms with E-state index >= 15 is 0 Å². The molecule has 6 rings (SSSR count). The van der Waals surface area contributed by atoms with Crippen molar-refractivity contribution in [2.75, 3.05) is 6.61 Å². The van der Waals surface area contributed by atoms with Gasteiger partial charge in [0.05, 0.1) is 28.5 Å². The van der Waals surface area contributed by atoms with Crippen LogP contribution >= 0.6 is 0 Å². The van der Waals surface area contributed by atoms with Gasteiger partial charge in [-0.15, -0.1) is 5.11 Å². The molecule has 222 valence electrons. The summed E-state index contributed by atoms with van der Waals surface area (Å²) in [5.74, 6) is -4.04. The maximum atomic E-state index is 13.4. The minimum Gasteiger partial charge on any atom is -0.459 e. The molecular formula is C31H26N6O7. The second-order valence-electron chi connectivity index (χ2n) is 10.0. The van der Waals surface area contributed by atoms with Gasteiger partial charge in [-0.05, 0) is 36.4 Å². The van der Waals surface area contributed by atoms with E-state index in [1.807, 2.05) is 0 Å². The average Bonchev–Trinajstić information content (AvgIpc) is 3.66. The highest BCUT2D eigenvalue weighted by atomic mass is 16.7. The van der Waals surface area contributed by atoms with Crippen LogP contribution in [0.5, 0.6) is 0 Å². The van der Waals surface area contributed by atoms with Crippen LogP contribution in [0.3, 0.4) is 0 Å². The Hall–Kier alpha value is -5.53.